The number of hydrogen-bond donors (Lipinski definition) is 1. The first-order chi connectivity index (χ1) is 8.96. The molecule has 0 amide bonds. The van der Waals surface area contributed by atoms with Crippen LogP contribution in [-0.2, 0) is 14.3 Å². The Morgan fingerprint density at radius 1 is 1.53 bits per heavy atom. The molecule has 1 aliphatic rings. The summed E-state index contributed by atoms with van der Waals surface area (Å²) in [5, 5.41) is 3.10. The highest BCUT2D eigenvalue weighted by atomic mass is 16.5. The number of methoxy groups -OCH3 is 1. The van der Waals surface area contributed by atoms with Gasteiger partial charge in [-0.1, -0.05) is 6.92 Å². The third-order valence-corrected chi connectivity index (χ3v) is 4.09. The first-order valence-corrected chi connectivity index (χ1v) is 7.08. The number of ether oxygens (including phenoxy) is 2. The van der Waals surface area contributed by atoms with E-state index in [9.17, 15) is 4.79 Å². The van der Waals surface area contributed by atoms with E-state index >= 15 is 0 Å². The van der Waals surface area contributed by atoms with Crippen LogP contribution in [0.15, 0.2) is 0 Å². The van der Waals surface area contributed by atoms with Crippen LogP contribution in [0.1, 0.15) is 27.2 Å². The van der Waals surface area contributed by atoms with Gasteiger partial charge in [-0.15, -0.1) is 0 Å². The van der Waals surface area contributed by atoms with Crippen LogP contribution in [0.2, 0.25) is 0 Å². The van der Waals surface area contributed by atoms with Crippen LogP contribution < -0.4 is 5.32 Å². The molecule has 1 saturated heterocycles. The average Bonchev–Trinajstić information content (AvgIpc) is 2.41. The van der Waals surface area contributed by atoms with Crippen LogP contribution >= 0.6 is 0 Å². The van der Waals surface area contributed by atoms with Crippen LogP contribution in [0.3, 0.4) is 0 Å². The molecule has 0 aromatic carbocycles. The smallest absolute Gasteiger partial charge is 0.327 e. The van der Waals surface area contributed by atoms with Gasteiger partial charge in [-0.2, -0.15) is 0 Å². The maximum Gasteiger partial charge on any atom is 0.327 e. The van der Waals surface area contributed by atoms with E-state index in [1.807, 2.05) is 13.8 Å². The van der Waals surface area contributed by atoms with E-state index in [1.165, 1.54) is 0 Å². The average molecular weight is 272 g/mol. The Labute approximate surface area is 116 Å². The number of likely N-dealkylation sites (N-methyl/N-ethyl adjacent to an activating group) is 1. The van der Waals surface area contributed by atoms with Gasteiger partial charge in [0.15, 0.2) is 0 Å². The van der Waals surface area contributed by atoms with E-state index in [1.54, 1.807) is 14.2 Å². The van der Waals surface area contributed by atoms with Crippen molar-refractivity contribution in [2.75, 3.05) is 40.4 Å². The monoisotopic (exact) mass is 272 g/mol. The van der Waals surface area contributed by atoms with Gasteiger partial charge in [0.1, 0.15) is 5.54 Å². The first-order valence-electron chi connectivity index (χ1n) is 7.08. The highest BCUT2D eigenvalue weighted by Gasteiger charge is 2.37. The van der Waals surface area contributed by atoms with Gasteiger partial charge < -0.3 is 14.8 Å². The molecule has 1 rings (SSSR count). The van der Waals surface area contributed by atoms with Crippen LogP contribution in [0.4, 0.5) is 0 Å². The predicted octanol–water partition coefficient (Wildman–Crippen LogP) is 0.884. The molecular formula is C14H28N2O3. The number of piperidine rings is 1. The normalized spacial score (nSPS) is 27.8. The lowest BCUT2D eigenvalue weighted by Crippen LogP contribution is -2.58. The number of hydrogen-bond acceptors (Lipinski definition) is 5. The number of carbonyl (C=O) groups excluding carboxylic acids is 1. The van der Waals surface area contributed by atoms with Crippen LogP contribution in [0.5, 0.6) is 0 Å². The van der Waals surface area contributed by atoms with Gasteiger partial charge in [0, 0.05) is 20.2 Å². The first kappa shape index (κ1) is 16.4. The van der Waals surface area contributed by atoms with Crippen molar-refractivity contribution < 1.29 is 14.3 Å². The molecule has 112 valence electrons. The molecule has 0 bridgehead atoms. The number of rotatable bonds is 6. The van der Waals surface area contributed by atoms with Gasteiger partial charge in [-0.25, -0.2) is 0 Å². The Hall–Kier alpha value is -0.650. The molecule has 0 spiro atoms. The summed E-state index contributed by atoms with van der Waals surface area (Å²) in [5.74, 6) is 0.384. The van der Waals surface area contributed by atoms with Gasteiger partial charge in [0.2, 0.25) is 0 Å². The number of nitrogens with zero attached hydrogens (tertiary/aromatic N) is 1. The van der Waals surface area contributed by atoms with Crippen molar-refractivity contribution in [1.82, 2.24) is 10.2 Å². The summed E-state index contributed by atoms with van der Waals surface area (Å²) in [4.78, 5) is 14.3. The van der Waals surface area contributed by atoms with Gasteiger partial charge >= 0.3 is 5.97 Å². The zero-order chi connectivity index (χ0) is 14.5. The summed E-state index contributed by atoms with van der Waals surface area (Å²) >= 11 is 0. The van der Waals surface area contributed by atoms with E-state index in [-0.39, 0.29) is 12.1 Å². The molecule has 3 atom stereocenters. The fraction of sp³-hybridized carbons (Fsp3) is 0.929. The third-order valence-electron chi connectivity index (χ3n) is 4.09. The summed E-state index contributed by atoms with van der Waals surface area (Å²) < 4.78 is 10.7. The molecule has 5 nitrogen and oxygen atoms in total. The summed E-state index contributed by atoms with van der Waals surface area (Å²) in [7, 11) is 3.56. The third kappa shape index (κ3) is 4.16. The molecule has 1 heterocycles. The maximum absolute atomic E-state index is 12.0. The number of likely N-dealkylation sites (tertiary alicyclic amines) is 1. The summed E-state index contributed by atoms with van der Waals surface area (Å²) in [6, 6.07) is 0. The zero-order valence-corrected chi connectivity index (χ0v) is 12.9. The van der Waals surface area contributed by atoms with Crippen LogP contribution in [0, 0.1) is 5.92 Å². The number of nitrogens with one attached hydrogen (secondary N) is 1. The van der Waals surface area contributed by atoms with Gasteiger partial charge in [0.05, 0.1) is 12.7 Å². The molecule has 5 heteroatoms. The minimum Gasteiger partial charge on any atom is -0.465 e. The van der Waals surface area contributed by atoms with E-state index < -0.39 is 5.54 Å². The summed E-state index contributed by atoms with van der Waals surface area (Å²) in [5.41, 5.74) is -0.658. The SMILES string of the molecule is CCOC(=O)C(C)(CN1CCC(C)C(OC)C1)NC. The van der Waals surface area contributed by atoms with Crippen LogP contribution in [-0.4, -0.2) is 62.9 Å². The predicted molar refractivity (Wildman–Crippen MR) is 75.1 cm³/mol. The van der Waals surface area contributed by atoms with Crippen molar-refractivity contribution >= 4 is 5.97 Å². The maximum atomic E-state index is 12.0. The molecule has 0 radical (unpaired) electrons. The summed E-state index contributed by atoms with van der Waals surface area (Å²) in [6.07, 6.45) is 1.35. The van der Waals surface area contributed by atoms with Crippen molar-refractivity contribution in [2.24, 2.45) is 5.92 Å². The van der Waals surface area contributed by atoms with Gasteiger partial charge in [-0.05, 0) is 39.8 Å². The Morgan fingerprint density at radius 3 is 2.74 bits per heavy atom. The molecule has 1 N–H and O–H groups in total. The van der Waals surface area contributed by atoms with E-state index in [4.69, 9.17) is 9.47 Å². The van der Waals surface area contributed by atoms with E-state index in [0.717, 1.165) is 19.5 Å². The largest absolute Gasteiger partial charge is 0.465 e. The molecule has 0 aromatic heterocycles. The van der Waals surface area contributed by atoms with E-state index in [2.05, 4.69) is 17.1 Å². The second kappa shape index (κ2) is 7.22. The van der Waals surface area contributed by atoms with Crippen LogP contribution in [0.25, 0.3) is 0 Å². The Kier molecular flexibility index (Phi) is 6.23. The van der Waals surface area contributed by atoms with Crippen molar-refractivity contribution in [1.29, 1.82) is 0 Å². The summed E-state index contributed by atoms with van der Waals surface area (Å²) in [6.45, 7) is 8.87. The second-order valence-electron chi connectivity index (χ2n) is 5.58. The molecule has 1 fully saturated rings. The van der Waals surface area contributed by atoms with Crippen molar-refractivity contribution in [3.8, 4) is 0 Å². The fourth-order valence-corrected chi connectivity index (χ4v) is 2.53. The minimum atomic E-state index is -0.658. The molecule has 1 aliphatic heterocycles. The van der Waals surface area contributed by atoms with Gasteiger partial charge in [0.25, 0.3) is 0 Å². The van der Waals surface area contributed by atoms with E-state index in [0.29, 0.717) is 19.1 Å². The Balaban J connectivity index is 2.63. The molecule has 19 heavy (non-hydrogen) atoms. The lowest BCUT2D eigenvalue weighted by Gasteiger charge is -2.40. The minimum absolute atomic E-state index is 0.190. The highest BCUT2D eigenvalue weighted by molar-refractivity contribution is 5.80. The molecular weight excluding hydrogens is 244 g/mol. The quantitative estimate of drug-likeness (QED) is 0.728. The number of carbonyl (C=O) groups is 1. The lowest BCUT2D eigenvalue weighted by molar-refractivity contribution is -0.151. The highest BCUT2D eigenvalue weighted by Crippen LogP contribution is 2.21. The van der Waals surface area contributed by atoms with Crippen molar-refractivity contribution in [3.05, 3.63) is 0 Å². The standard InChI is InChI=1S/C14H28N2O3/c1-6-19-13(17)14(3,15-4)10-16-8-7-11(2)12(9-16)18-5/h11-12,15H,6-10H2,1-5H3. The molecule has 3 unspecified atom stereocenters. The second-order valence-corrected chi connectivity index (χ2v) is 5.58. The topological polar surface area (TPSA) is 50.8 Å². The fourth-order valence-electron chi connectivity index (χ4n) is 2.53. The molecule has 0 saturated carbocycles. The zero-order valence-electron chi connectivity index (χ0n) is 12.9. The lowest BCUT2D eigenvalue weighted by atomic mass is 9.93. The Bertz CT molecular complexity index is 298. The molecule has 0 aromatic rings. The van der Waals surface area contributed by atoms with Crippen molar-refractivity contribution in [2.45, 2.75) is 38.8 Å². The van der Waals surface area contributed by atoms with Crippen molar-refractivity contribution in [3.63, 3.8) is 0 Å². The molecule has 0 aliphatic carbocycles. The Morgan fingerprint density at radius 2 is 2.21 bits per heavy atom. The van der Waals surface area contributed by atoms with Gasteiger partial charge in [-0.3, -0.25) is 9.69 Å². The number of esters is 1.